The van der Waals surface area contributed by atoms with Crippen LogP contribution < -0.4 is 5.32 Å². The molecule has 0 spiro atoms. The summed E-state index contributed by atoms with van der Waals surface area (Å²) in [5.74, 6) is 1.93. The maximum absolute atomic E-state index is 4.54. The first kappa shape index (κ1) is 10.4. The van der Waals surface area contributed by atoms with Crippen LogP contribution in [0, 0.1) is 0 Å². The number of hydrogen-bond acceptors (Lipinski definition) is 4. The van der Waals surface area contributed by atoms with Crippen LogP contribution >= 0.6 is 11.3 Å². The minimum Gasteiger partial charge on any atom is -0.370 e. The van der Waals surface area contributed by atoms with Crippen LogP contribution in [0.5, 0.6) is 0 Å². The SMILES string of the molecule is CCCc1nc(NCC)c2ccsc2n1. The molecular formula is C11H15N3S. The average Bonchev–Trinajstić information content (AvgIpc) is 2.67. The fraction of sp³-hybridized carbons (Fsp3) is 0.455. The van der Waals surface area contributed by atoms with Crippen LogP contribution in [0.1, 0.15) is 26.1 Å². The van der Waals surface area contributed by atoms with Crippen molar-refractivity contribution in [3.8, 4) is 0 Å². The first-order chi connectivity index (χ1) is 7.35. The number of nitrogens with one attached hydrogen (secondary N) is 1. The van der Waals surface area contributed by atoms with Crippen molar-refractivity contribution in [3.05, 3.63) is 17.3 Å². The van der Waals surface area contributed by atoms with Gasteiger partial charge in [0, 0.05) is 13.0 Å². The third-order valence-corrected chi connectivity index (χ3v) is 3.00. The van der Waals surface area contributed by atoms with Gasteiger partial charge in [0.15, 0.2) is 0 Å². The summed E-state index contributed by atoms with van der Waals surface area (Å²) in [6.45, 7) is 5.13. The molecule has 0 aliphatic rings. The van der Waals surface area contributed by atoms with Crippen molar-refractivity contribution in [2.24, 2.45) is 0 Å². The second-order valence-electron chi connectivity index (χ2n) is 3.41. The molecule has 2 aromatic rings. The lowest BCUT2D eigenvalue weighted by molar-refractivity contribution is 0.846. The normalized spacial score (nSPS) is 10.8. The van der Waals surface area contributed by atoms with Crippen molar-refractivity contribution >= 4 is 27.4 Å². The highest BCUT2D eigenvalue weighted by Gasteiger charge is 2.07. The Morgan fingerprint density at radius 2 is 2.20 bits per heavy atom. The lowest BCUT2D eigenvalue weighted by atomic mass is 10.3. The number of nitrogens with zero attached hydrogens (tertiary/aromatic N) is 2. The molecule has 0 bridgehead atoms. The van der Waals surface area contributed by atoms with Gasteiger partial charge in [-0.05, 0) is 24.8 Å². The standard InChI is InChI=1S/C11H15N3S/c1-3-5-9-13-10(12-4-2)8-6-7-15-11(8)14-9/h6-7H,3-5H2,1-2H3,(H,12,13,14). The Morgan fingerprint density at radius 3 is 2.93 bits per heavy atom. The largest absolute Gasteiger partial charge is 0.370 e. The Morgan fingerprint density at radius 1 is 1.33 bits per heavy atom. The maximum Gasteiger partial charge on any atom is 0.138 e. The molecule has 0 atom stereocenters. The van der Waals surface area contributed by atoms with Crippen LogP contribution in [0.25, 0.3) is 10.2 Å². The van der Waals surface area contributed by atoms with Gasteiger partial charge in [-0.3, -0.25) is 0 Å². The van der Waals surface area contributed by atoms with Crippen molar-refractivity contribution in [1.29, 1.82) is 0 Å². The molecule has 1 N–H and O–H groups in total. The lowest BCUT2D eigenvalue weighted by Crippen LogP contribution is -2.03. The van der Waals surface area contributed by atoms with E-state index in [0.29, 0.717) is 0 Å². The van der Waals surface area contributed by atoms with Gasteiger partial charge in [0.25, 0.3) is 0 Å². The summed E-state index contributed by atoms with van der Waals surface area (Å²) >= 11 is 1.68. The Labute approximate surface area is 93.6 Å². The third-order valence-electron chi connectivity index (χ3n) is 2.19. The number of thiophene rings is 1. The van der Waals surface area contributed by atoms with Crippen LogP contribution in [-0.2, 0) is 6.42 Å². The molecule has 2 aromatic heterocycles. The van der Waals surface area contributed by atoms with E-state index in [4.69, 9.17) is 0 Å². The summed E-state index contributed by atoms with van der Waals surface area (Å²) in [6.07, 6.45) is 2.04. The Hall–Kier alpha value is -1.16. The van der Waals surface area contributed by atoms with Gasteiger partial charge in [-0.1, -0.05) is 6.92 Å². The van der Waals surface area contributed by atoms with E-state index in [1.165, 1.54) is 0 Å². The van der Waals surface area contributed by atoms with Gasteiger partial charge in [0.2, 0.25) is 0 Å². The summed E-state index contributed by atoms with van der Waals surface area (Å²) < 4.78 is 0. The van der Waals surface area contributed by atoms with Crippen LogP contribution in [0.2, 0.25) is 0 Å². The van der Waals surface area contributed by atoms with Crippen LogP contribution in [0.3, 0.4) is 0 Å². The summed E-state index contributed by atoms with van der Waals surface area (Å²) in [5.41, 5.74) is 0. The molecule has 4 heteroatoms. The number of anilines is 1. The Bertz CT molecular complexity index is 450. The van der Waals surface area contributed by atoms with E-state index in [1.54, 1.807) is 11.3 Å². The smallest absolute Gasteiger partial charge is 0.138 e. The summed E-state index contributed by atoms with van der Waals surface area (Å²) in [5, 5.41) is 6.50. The molecule has 0 fully saturated rings. The molecule has 2 rings (SSSR count). The number of hydrogen-bond donors (Lipinski definition) is 1. The van der Waals surface area contributed by atoms with E-state index in [9.17, 15) is 0 Å². The molecule has 2 heterocycles. The summed E-state index contributed by atoms with van der Waals surface area (Å²) in [6, 6.07) is 2.08. The highest BCUT2D eigenvalue weighted by Crippen LogP contribution is 2.25. The van der Waals surface area contributed by atoms with Gasteiger partial charge < -0.3 is 5.32 Å². The van der Waals surface area contributed by atoms with E-state index >= 15 is 0 Å². The lowest BCUT2D eigenvalue weighted by Gasteiger charge is -2.05. The van der Waals surface area contributed by atoms with Gasteiger partial charge >= 0.3 is 0 Å². The van der Waals surface area contributed by atoms with E-state index in [0.717, 1.165) is 41.2 Å². The number of aromatic nitrogens is 2. The van der Waals surface area contributed by atoms with Crippen molar-refractivity contribution in [1.82, 2.24) is 9.97 Å². The Kier molecular flexibility index (Phi) is 3.16. The van der Waals surface area contributed by atoms with E-state index in [-0.39, 0.29) is 0 Å². The number of aryl methyl sites for hydroxylation is 1. The van der Waals surface area contributed by atoms with Crippen LogP contribution in [0.15, 0.2) is 11.4 Å². The first-order valence-electron chi connectivity index (χ1n) is 5.33. The predicted molar refractivity (Wildman–Crippen MR) is 65.6 cm³/mol. The van der Waals surface area contributed by atoms with Gasteiger partial charge in [-0.25, -0.2) is 9.97 Å². The molecular weight excluding hydrogens is 206 g/mol. The third kappa shape index (κ3) is 2.09. The molecule has 0 aliphatic heterocycles. The fourth-order valence-corrected chi connectivity index (χ4v) is 2.32. The zero-order valence-electron chi connectivity index (χ0n) is 9.08. The molecule has 0 amide bonds. The van der Waals surface area contributed by atoms with Crippen molar-refractivity contribution in [2.75, 3.05) is 11.9 Å². The fourth-order valence-electron chi connectivity index (χ4n) is 1.54. The maximum atomic E-state index is 4.54. The quantitative estimate of drug-likeness (QED) is 0.862. The van der Waals surface area contributed by atoms with Crippen molar-refractivity contribution in [2.45, 2.75) is 26.7 Å². The first-order valence-corrected chi connectivity index (χ1v) is 6.21. The molecule has 3 nitrogen and oxygen atoms in total. The van der Waals surface area contributed by atoms with Crippen LogP contribution in [0.4, 0.5) is 5.82 Å². The molecule has 0 aromatic carbocycles. The highest BCUT2D eigenvalue weighted by molar-refractivity contribution is 7.16. The van der Waals surface area contributed by atoms with E-state index in [2.05, 4.69) is 40.6 Å². The number of fused-ring (bicyclic) bond motifs is 1. The zero-order chi connectivity index (χ0) is 10.7. The zero-order valence-corrected chi connectivity index (χ0v) is 9.90. The Balaban J connectivity index is 2.48. The molecule has 80 valence electrons. The monoisotopic (exact) mass is 221 g/mol. The van der Waals surface area contributed by atoms with Gasteiger partial charge in [-0.15, -0.1) is 11.3 Å². The van der Waals surface area contributed by atoms with E-state index in [1.807, 2.05) is 0 Å². The molecule has 0 saturated carbocycles. The molecule has 0 radical (unpaired) electrons. The summed E-state index contributed by atoms with van der Waals surface area (Å²) in [7, 11) is 0. The topological polar surface area (TPSA) is 37.8 Å². The predicted octanol–water partition coefficient (Wildman–Crippen LogP) is 3.08. The van der Waals surface area contributed by atoms with E-state index < -0.39 is 0 Å². The average molecular weight is 221 g/mol. The molecule has 0 unspecified atom stereocenters. The summed E-state index contributed by atoms with van der Waals surface area (Å²) in [4.78, 5) is 10.2. The number of rotatable bonds is 4. The van der Waals surface area contributed by atoms with Crippen molar-refractivity contribution in [3.63, 3.8) is 0 Å². The van der Waals surface area contributed by atoms with Gasteiger partial charge in [0.1, 0.15) is 16.5 Å². The molecule has 0 saturated heterocycles. The minimum atomic E-state index is 0.896. The van der Waals surface area contributed by atoms with Crippen molar-refractivity contribution < 1.29 is 0 Å². The van der Waals surface area contributed by atoms with Gasteiger partial charge in [0.05, 0.1) is 5.39 Å². The second kappa shape index (κ2) is 4.57. The molecule has 15 heavy (non-hydrogen) atoms. The van der Waals surface area contributed by atoms with Gasteiger partial charge in [-0.2, -0.15) is 0 Å². The van der Waals surface area contributed by atoms with Crippen LogP contribution in [-0.4, -0.2) is 16.5 Å². The second-order valence-corrected chi connectivity index (χ2v) is 4.30. The minimum absolute atomic E-state index is 0.896. The molecule has 0 aliphatic carbocycles. The highest BCUT2D eigenvalue weighted by atomic mass is 32.1.